The molecule has 0 saturated carbocycles. The second-order valence-electron chi connectivity index (χ2n) is 6.76. The van der Waals surface area contributed by atoms with Gasteiger partial charge in [0.1, 0.15) is 11.5 Å². The Morgan fingerprint density at radius 2 is 1.75 bits per heavy atom. The molecule has 0 aromatic heterocycles. The quantitative estimate of drug-likeness (QED) is 0.654. The van der Waals surface area contributed by atoms with Crippen LogP contribution in [0.4, 0.5) is 0 Å². The second kappa shape index (κ2) is 10.6. The van der Waals surface area contributed by atoms with Gasteiger partial charge in [0.2, 0.25) is 0 Å². The van der Waals surface area contributed by atoms with Gasteiger partial charge in [0.05, 0.1) is 6.61 Å². The predicted molar refractivity (Wildman–Crippen MR) is 109 cm³/mol. The Labute approximate surface area is 170 Å². The third kappa shape index (κ3) is 7.12. The van der Waals surface area contributed by atoms with Crippen molar-refractivity contribution in [3.8, 4) is 11.5 Å². The highest BCUT2D eigenvalue weighted by Gasteiger charge is 2.09. The largest absolute Gasteiger partial charge is 0.494 e. The lowest BCUT2D eigenvalue weighted by Crippen LogP contribution is -2.43. The van der Waals surface area contributed by atoms with E-state index in [0.29, 0.717) is 34.6 Å². The second-order valence-corrected chi connectivity index (χ2v) is 7.19. The number of aryl methyl sites for hydroxylation is 1. The Hall–Kier alpha value is -2.73. The van der Waals surface area contributed by atoms with E-state index >= 15 is 0 Å². The first kappa shape index (κ1) is 21.6. The van der Waals surface area contributed by atoms with Crippen molar-refractivity contribution in [1.82, 2.24) is 10.9 Å². The van der Waals surface area contributed by atoms with Crippen molar-refractivity contribution < 1.29 is 19.1 Å². The molecule has 0 aliphatic rings. The molecule has 2 amide bonds. The van der Waals surface area contributed by atoms with Gasteiger partial charge in [-0.05, 0) is 67.3 Å². The average Bonchev–Trinajstić information content (AvgIpc) is 2.65. The number of hydrogen-bond acceptors (Lipinski definition) is 4. The van der Waals surface area contributed by atoms with E-state index in [2.05, 4.69) is 24.7 Å². The van der Waals surface area contributed by atoms with Crippen LogP contribution in [0.3, 0.4) is 0 Å². The summed E-state index contributed by atoms with van der Waals surface area (Å²) in [6, 6.07) is 11.8. The zero-order chi connectivity index (χ0) is 20.5. The average molecular weight is 405 g/mol. The molecule has 0 fully saturated rings. The van der Waals surface area contributed by atoms with Crippen LogP contribution < -0.4 is 20.3 Å². The van der Waals surface area contributed by atoms with Crippen LogP contribution >= 0.6 is 11.6 Å². The summed E-state index contributed by atoms with van der Waals surface area (Å²) in [6.45, 7) is 6.49. The molecule has 150 valence electrons. The molecule has 0 spiro atoms. The molecule has 28 heavy (non-hydrogen) atoms. The summed E-state index contributed by atoms with van der Waals surface area (Å²) in [4.78, 5) is 24.0. The van der Waals surface area contributed by atoms with Crippen LogP contribution in [0, 0.1) is 12.8 Å². The Kier molecular flexibility index (Phi) is 8.14. The minimum Gasteiger partial charge on any atom is -0.494 e. The van der Waals surface area contributed by atoms with Crippen molar-refractivity contribution in [3.05, 3.63) is 58.6 Å². The first-order chi connectivity index (χ1) is 13.3. The maximum absolute atomic E-state index is 12.1. The molecule has 0 aliphatic carbocycles. The number of benzene rings is 2. The third-order valence-corrected chi connectivity index (χ3v) is 4.13. The number of carbonyl (C=O) groups excluding carboxylic acids is 2. The van der Waals surface area contributed by atoms with Crippen molar-refractivity contribution in [2.45, 2.75) is 27.2 Å². The normalized spacial score (nSPS) is 10.5. The molecular formula is C21H25ClN2O4. The minimum absolute atomic E-state index is 0.231. The molecule has 2 aromatic rings. The molecule has 2 aromatic carbocycles. The van der Waals surface area contributed by atoms with E-state index in [-0.39, 0.29) is 6.61 Å². The molecule has 0 heterocycles. The lowest BCUT2D eigenvalue weighted by Gasteiger charge is -2.11. The Morgan fingerprint density at radius 1 is 1.04 bits per heavy atom. The Bertz CT molecular complexity index is 807. The maximum Gasteiger partial charge on any atom is 0.276 e. The highest BCUT2D eigenvalue weighted by molar-refractivity contribution is 6.30. The molecule has 2 N–H and O–H groups in total. The van der Waals surface area contributed by atoms with Crippen LogP contribution in [0.1, 0.15) is 36.2 Å². The van der Waals surface area contributed by atoms with Crippen LogP contribution in [0.25, 0.3) is 0 Å². The fourth-order valence-electron chi connectivity index (χ4n) is 2.27. The summed E-state index contributed by atoms with van der Waals surface area (Å²) < 4.78 is 11.0. The van der Waals surface area contributed by atoms with Gasteiger partial charge in [-0.3, -0.25) is 20.4 Å². The Morgan fingerprint density at radius 3 is 2.39 bits per heavy atom. The number of ether oxygens (including phenoxy) is 2. The third-order valence-electron chi connectivity index (χ3n) is 3.89. The lowest BCUT2D eigenvalue weighted by atomic mass is 10.1. The number of rotatable bonds is 8. The van der Waals surface area contributed by atoms with E-state index in [1.807, 2.05) is 6.92 Å². The van der Waals surface area contributed by atoms with Crippen molar-refractivity contribution in [2.75, 3.05) is 13.2 Å². The molecule has 0 bridgehead atoms. The number of halogens is 1. The molecule has 2 rings (SSSR count). The molecule has 0 atom stereocenters. The highest BCUT2D eigenvalue weighted by Crippen LogP contribution is 2.21. The standard InChI is InChI=1S/C21H25ClN2O4/c1-14(2)10-11-27-18-7-4-16(5-8-18)21(26)24-23-20(25)13-28-19-9-6-17(22)12-15(19)3/h4-9,12,14H,10-11,13H2,1-3H3,(H,23,25)(H,24,26). The highest BCUT2D eigenvalue weighted by atomic mass is 35.5. The fourth-order valence-corrected chi connectivity index (χ4v) is 2.49. The van der Waals surface area contributed by atoms with Gasteiger partial charge in [-0.15, -0.1) is 0 Å². The summed E-state index contributed by atoms with van der Waals surface area (Å²) in [5.41, 5.74) is 5.91. The van der Waals surface area contributed by atoms with Crippen LogP contribution in [0.15, 0.2) is 42.5 Å². The van der Waals surface area contributed by atoms with Crippen molar-refractivity contribution in [1.29, 1.82) is 0 Å². The van der Waals surface area contributed by atoms with E-state index in [4.69, 9.17) is 21.1 Å². The summed E-state index contributed by atoms with van der Waals surface area (Å²) >= 11 is 5.88. The zero-order valence-corrected chi connectivity index (χ0v) is 17.0. The van der Waals surface area contributed by atoms with Crippen LogP contribution in [-0.4, -0.2) is 25.0 Å². The van der Waals surface area contributed by atoms with Crippen molar-refractivity contribution in [2.24, 2.45) is 5.92 Å². The van der Waals surface area contributed by atoms with Gasteiger partial charge in [0, 0.05) is 10.6 Å². The number of amides is 2. The van der Waals surface area contributed by atoms with Gasteiger partial charge in [-0.1, -0.05) is 25.4 Å². The van der Waals surface area contributed by atoms with E-state index in [0.717, 1.165) is 12.0 Å². The van der Waals surface area contributed by atoms with Gasteiger partial charge in [-0.2, -0.15) is 0 Å². The molecular weight excluding hydrogens is 380 g/mol. The van der Waals surface area contributed by atoms with Gasteiger partial charge < -0.3 is 9.47 Å². The summed E-state index contributed by atoms with van der Waals surface area (Å²) in [7, 11) is 0. The van der Waals surface area contributed by atoms with E-state index < -0.39 is 11.8 Å². The van der Waals surface area contributed by atoms with E-state index in [1.165, 1.54) is 0 Å². The molecule has 0 aliphatic heterocycles. The van der Waals surface area contributed by atoms with Crippen LogP contribution in [-0.2, 0) is 4.79 Å². The smallest absolute Gasteiger partial charge is 0.276 e. The fraction of sp³-hybridized carbons (Fsp3) is 0.333. The molecule has 0 unspecified atom stereocenters. The number of hydrogen-bond donors (Lipinski definition) is 2. The summed E-state index contributed by atoms with van der Waals surface area (Å²) in [6.07, 6.45) is 0.964. The van der Waals surface area contributed by atoms with Crippen molar-refractivity contribution >= 4 is 23.4 Å². The summed E-state index contributed by atoms with van der Waals surface area (Å²) in [5, 5.41) is 0.595. The first-order valence-electron chi connectivity index (χ1n) is 9.06. The topological polar surface area (TPSA) is 76.7 Å². The lowest BCUT2D eigenvalue weighted by molar-refractivity contribution is -0.123. The van der Waals surface area contributed by atoms with Gasteiger partial charge in [0.25, 0.3) is 11.8 Å². The Balaban J connectivity index is 1.75. The van der Waals surface area contributed by atoms with Crippen molar-refractivity contribution in [3.63, 3.8) is 0 Å². The molecule has 0 saturated heterocycles. The molecule has 7 heteroatoms. The molecule has 0 radical (unpaired) electrons. The monoisotopic (exact) mass is 404 g/mol. The molecule has 6 nitrogen and oxygen atoms in total. The van der Waals surface area contributed by atoms with Crippen LogP contribution in [0.2, 0.25) is 5.02 Å². The van der Waals surface area contributed by atoms with Crippen LogP contribution in [0.5, 0.6) is 11.5 Å². The van der Waals surface area contributed by atoms with Gasteiger partial charge in [0.15, 0.2) is 6.61 Å². The number of hydrazine groups is 1. The predicted octanol–water partition coefficient (Wildman–Crippen LogP) is 3.91. The number of carbonyl (C=O) groups is 2. The van der Waals surface area contributed by atoms with Gasteiger partial charge >= 0.3 is 0 Å². The maximum atomic E-state index is 12.1. The SMILES string of the molecule is Cc1cc(Cl)ccc1OCC(=O)NNC(=O)c1ccc(OCCC(C)C)cc1. The minimum atomic E-state index is -0.476. The first-order valence-corrected chi connectivity index (χ1v) is 9.44. The zero-order valence-electron chi connectivity index (χ0n) is 16.3. The number of nitrogens with one attached hydrogen (secondary N) is 2. The summed E-state index contributed by atoms with van der Waals surface area (Å²) in [5.74, 6) is 0.925. The van der Waals surface area contributed by atoms with Gasteiger partial charge in [-0.25, -0.2) is 0 Å². The van der Waals surface area contributed by atoms with E-state index in [1.54, 1.807) is 42.5 Å². The van der Waals surface area contributed by atoms with E-state index in [9.17, 15) is 9.59 Å².